The Morgan fingerprint density at radius 3 is 2.33 bits per heavy atom. The van der Waals surface area contributed by atoms with Crippen molar-refractivity contribution in [1.82, 2.24) is 0 Å². The second-order valence-corrected chi connectivity index (χ2v) is 10.1. The highest BCUT2D eigenvalue weighted by molar-refractivity contribution is 5.81. The summed E-state index contributed by atoms with van der Waals surface area (Å²) in [6.07, 6.45) is 5.39. The van der Waals surface area contributed by atoms with Crippen LogP contribution in [0, 0.1) is 5.92 Å². The van der Waals surface area contributed by atoms with Gasteiger partial charge in [0.15, 0.2) is 11.7 Å². The van der Waals surface area contributed by atoms with Crippen molar-refractivity contribution in [2.75, 3.05) is 39.9 Å². The molecule has 1 aliphatic carbocycles. The average Bonchev–Trinajstić information content (AvgIpc) is 3.58. The largest absolute Gasteiger partial charge is 1.00 e. The van der Waals surface area contributed by atoms with Crippen LogP contribution in [0.4, 0.5) is 0 Å². The van der Waals surface area contributed by atoms with E-state index in [1.54, 1.807) is 7.11 Å². The third-order valence-corrected chi connectivity index (χ3v) is 8.04. The van der Waals surface area contributed by atoms with Crippen LogP contribution >= 0.6 is 0 Å². The third-order valence-electron chi connectivity index (χ3n) is 8.04. The van der Waals surface area contributed by atoms with Crippen molar-refractivity contribution in [2.24, 2.45) is 5.92 Å². The van der Waals surface area contributed by atoms with Crippen molar-refractivity contribution in [3.8, 4) is 11.5 Å². The first kappa shape index (κ1) is 28.5. The summed E-state index contributed by atoms with van der Waals surface area (Å²) in [7, 11) is 1.65. The molecule has 0 radical (unpaired) electrons. The van der Waals surface area contributed by atoms with E-state index in [0.717, 1.165) is 80.7 Å². The second-order valence-electron chi connectivity index (χ2n) is 10.1. The Morgan fingerprint density at radius 2 is 1.69 bits per heavy atom. The van der Waals surface area contributed by atoms with Crippen LogP contribution in [-0.4, -0.2) is 61.6 Å². The molecule has 0 bridgehead atoms. The highest BCUT2D eigenvalue weighted by atomic mass is 79.9. The quantitative estimate of drug-likeness (QED) is 0.257. The number of quaternary nitrogens is 1. The van der Waals surface area contributed by atoms with E-state index in [2.05, 4.69) is 6.92 Å². The molecule has 1 saturated heterocycles. The lowest BCUT2D eigenvalue weighted by atomic mass is 9.80. The summed E-state index contributed by atoms with van der Waals surface area (Å²) in [4.78, 5) is 13.5. The minimum absolute atomic E-state index is 0. The predicted octanol–water partition coefficient (Wildman–Crippen LogP) is 1.70. The zero-order valence-corrected chi connectivity index (χ0v) is 23.1. The third kappa shape index (κ3) is 6.42. The van der Waals surface area contributed by atoms with Gasteiger partial charge in [0.1, 0.15) is 18.0 Å². The Labute approximate surface area is 225 Å². The van der Waals surface area contributed by atoms with Gasteiger partial charge < -0.3 is 40.8 Å². The molecule has 2 fully saturated rings. The number of likely N-dealkylation sites (tertiary alicyclic amines) is 1. The molecule has 36 heavy (non-hydrogen) atoms. The van der Waals surface area contributed by atoms with Crippen molar-refractivity contribution < 1.29 is 45.6 Å². The lowest BCUT2D eigenvalue weighted by molar-refractivity contribution is -0.916. The monoisotopic (exact) mass is 561 g/mol. The van der Waals surface area contributed by atoms with Gasteiger partial charge >= 0.3 is 5.97 Å². The predicted molar refractivity (Wildman–Crippen MR) is 135 cm³/mol. The van der Waals surface area contributed by atoms with E-state index in [1.807, 2.05) is 54.6 Å². The van der Waals surface area contributed by atoms with Gasteiger partial charge in [-0.15, -0.1) is 0 Å². The number of likely N-dealkylation sites (N-methyl/N-ethyl adjacent to an activating group) is 1. The summed E-state index contributed by atoms with van der Waals surface area (Å²) in [5.74, 6) is 1.10. The Balaban J connectivity index is 0.00000361. The average molecular weight is 563 g/mol. The number of benzene rings is 2. The van der Waals surface area contributed by atoms with Crippen LogP contribution in [0.5, 0.6) is 11.5 Å². The summed E-state index contributed by atoms with van der Waals surface area (Å²) >= 11 is 0. The number of halogens is 1. The first-order valence-corrected chi connectivity index (χ1v) is 13.1. The molecule has 4 rings (SSSR count). The standard InChI is InChI=1S/C29H40NO5.BrH/c1-3-30(19-9-21-34-26-16-14-25(33-2)15-17-26)20-18-27(22-30)35-28(31)29(32,24-12-7-8-13-24)23-10-5-4-6-11-23;/h4-6,10-11,14-17,24,27,32H,3,7-9,12-13,18-22H2,1-2H3;1H/q+1;/p-1/t27?,29-,30?;/m0./s1. The van der Waals surface area contributed by atoms with Crippen molar-refractivity contribution in [1.29, 1.82) is 0 Å². The molecule has 0 amide bonds. The number of ether oxygens (including phenoxy) is 3. The number of carbonyl (C=O) groups is 1. The Morgan fingerprint density at radius 1 is 1.03 bits per heavy atom. The smallest absolute Gasteiger partial charge is 0.343 e. The molecular weight excluding hydrogens is 522 g/mol. The molecule has 0 spiro atoms. The van der Waals surface area contributed by atoms with Gasteiger partial charge in [0.25, 0.3) is 0 Å². The normalized spacial score (nSPS) is 23.5. The topological polar surface area (TPSA) is 65.0 Å². The van der Waals surface area contributed by atoms with E-state index in [9.17, 15) is 9.90 Å². The molecule has 1 aliphatic heterocycles. The van der Waals surface area contributed by atoms with E-state index in [4.69, 9.17) is 14.2 Å². The molecule has 6 nitrogen and oxygen atoms in total. The fourth-order valence-electron chi connectivity index (χ4n) is 5.84. The lowest BCUT2D eigenvalue weighted by Crippen LogP contribution is -3.00. The van der Waals surface area contributed by atoms with Crippen molar-refractivity contribution >= 4 is 5.97 Å². The second kappa shape index (κ2) is 12.9. The van der Waals surface area contributed by atoms with E-state index in [-0.39, 0.29) is 29.0 Å². The number of hydrogen-bond donors (Lipinski definition) is 1. The van der Waals surface area contributed by atoms with Crippen LogP contribution in [0.15, 0.2) is 54.6 Å². The molecule has 7 heteroatoms. The number of hydrogen-bond acceptors (Lipinski definition) is 5. The molecule has 2 aromatic rings. The van der Waals surface area contributed by atoms with Crippen molar-refractivity contribution in [2.45, 2.75) is 57.2 Å². The summed E-state index contributed by atoms with van der Waals surface area (Å²) in [6.45, 7) is 6.58. The van der Waals surface area contributed by atoms with E-state index >= 15 is 0 Å². The van der Waals surface area contributed by atoms with Crippen LogP contribution in [-0.2, 0) is 15.1 Å². The summed E-state index contributed by atoms with van der Waals surface area (Å²) in [5, 5.41) is 11.7. The van der Waals surface area contributed by atoms with Crippen LogP contribution in [0.3, 0.4) is 0 Å². The maximum atomic E-state index is 13.5. The number of aliphatic hydroxyl groups is 1. The molecule has 0 aromatic heterocycles. The zero-order chi connectivity index (χ0) is 24.7. The zero-order valence-electron chi connectivity index (χ0n) is 21.5. The minimum Gasteiger partial charge on any atom is -1.00 e. The Hall–Kier alpha value is -2.09. The molecule has 1 saturated carbocycles. The first-order valence-electron chi connectivity index (χ1n) is 13.1. The van der Waals surface area contributed by atoms with Crippen LogP contribution in [0.2, 0.25) is 0 Å². The Bertz CT molecular complexity index is 950. The van der Waals surface area contributed by atoms with Gasteiger partial charge in [-0.1, -0.05) is 43.2 Å². The van der Waals surface area contributed by atoms with Crippen LogP contribution in [0.25, 0.3) is 0 Å². The minimum atomic E-state index is -1.56. The molecule has 1 heterocycles. The first-order chi connectivity index (χ1) is 17.0. The number of esters is 1. The van der Waals surface area contributed by atoms with Crippen molar-refractivity contribution in [3.05, 3.63) is 60.2 Å². The molecule has 198 valence electrons. The van der Waals surface area contributed by atoms with E-state index in [1.165, 1.54) is 0 Å². The van der Waals surface area contributed by atoms with Gasteiger partial charge in [0, 0.05) is 18.8 Å². The number of nitrogens with zero attached hydrogens (tertiary/aromatic N) is 1. The molecule has 3 atom stereocenters. The number of methoxy groups -OCH3 is 1. The fraction of sp³-hybridized carbons (Fsp3) is 0.552. The van der Waals surface area contributed by atoms with Gasteiger partial charge in [-0.25, -0.2) is 4.79 Å². The van der Waals surface area contributed by atoms with E-state index in [0.29, 0.717) is 12.2 Å². The van der Waals surface area contributed by atoms with Gasteiger partial charge in [-0.2, -0.15) is 0 Å². The van der Waals surface area contributed by atoms with Gasteiger partial charge in [0.2, 0.25) is 0 Å². The highest BCUT2D eigenvalue weighted by Crippen LogP contribution is 2.42. The maximum Gasteiger partial charge on any atom is 0.343 e. The van der Waals surface area contributed by atoms with Gasteiger partial charge in [0.05, 0.1) is 33.4 Å². The summed E-state index contributed by atoms with van der Waals surface area (Å²) < 4.78 is 18.1. The van der Waals surface area contributed by atoms with E-state index < -0.39 is 11.6 Å². The van der Waals surface area contributed by atoms with Crippen LogP contribution in [0.1, 0.15) is 51.0 Å². The lowest BCUT2D eigenvalue weighted by Gasteiger charge is -2.35. The molecule has 1 N–H and O–H groups in total. The number of rotatable bonds is 11. The Kier molecular flexibility index (Phi) is 10.2. The van der Waals surface area contributed by atoms with Crippen molar-refractivity contribution in [3.63, 3.8) is 0 Å². The molecule has 2 aromatic carbocycles. The van der Waals surface area contributed by atoms with Crippen LogP contribution < -0.4 is 26.5 Å². The maximum absolute atomic E-state index is 13.5. The van der Waals surface area contributed by atoms with Gasteiger partial charge in [-0.05, 0) is 49.6 Å². The number of carbonyl (C=O) groups excluding carboxylic acids is 1. The summed E-state index contributed by atoms with van der Waals surface area (Å²) in [6, 6.07) is 17.0. The fourth-order valence-corrected chi connectivity index (χ4v) is 5.84. The highest BCUT2D eigenvalue weighted by Gasteiger charge is 2.50. The summed E-state index contributed by atoms with van der Waals surface area (Å²) in [5.41, 5.74) is -0.907. The molecule has 2 unspecified atom stereocenters. The SMILES string of the molecule is CC[N+]1(CCCOc2ccc(OC)cc2)CCC(OC(=O)[C@](O)(c2ccccc2)C2CCCC2)C1.[Br-]. The van der Waals surface area contributed by atoms with Gasteiger partial charge in [-0.3, -0.25) is 0 Å². The molecule has 2 aliphatic rings. The molecular formula is C29H40BrNO5.